The molecule has 6 nitrogen and oxygen atoms in total. The van der Waals surface area contributed by atoms with Crippen LogP contribution in [-0.2, 0) is 14.3 Å². The van der Waals surface area contributed by atoms with Crippen LogP contribution in [0.2, 0.25) is 0 Å². The van der Waals surface area contributed by atoms with Gasteiger partial charge in [0.2, 0.25) is 5.91 Å². The molecule has 0 spiro atoms. The fourth-order valence-electron chi connectivity index (χ4n) is 7.64. The van der Waals surface area contributed by atoms with E-state index in [4.69, 9.17) is 4.74 Å². The van der Waals surface area contributed by atoms with Gasteiger partial charge in [-0.25, -0.2) is 0 Å². The van der Waals surface area contributed by atoms with Crippen molar-refractivity contribution in [3.63, 3.8) is 0 Å². The number of esters is 1. The van der Waals surface area contributed by atoms with Gasteiger partial charge >= 0.3 is 5.97 Å². The largest absolute Gasteiger partial charge is 0.462 e. The van der Waals surface area contributed by atoms with E-state index in [1.807, 2.05) is 54.7 Å². The Balaban J connectivity index is 4.75. The fourth-order valence-corrected chi connectivity index (χ4v) is 7.64. The van der Waals surface area contributed by atoms with E-state index in [9.17, 15) is 19.8 Å². The van der Waals surface area contributed by atoms with Crippen molar-refractivity contribution in [2.75, 3.05) is 6.61 Å². The second kappa shape index (κ2) is 52.5. The number of hydrogen-bond donors (Lipinski definition) is 3. The Labute approximate surface area is 407 Å². The highest BCUT2D eigenvalue weighted by molar-refractivity contribution is 5.77. The summed E-state index contributed by atoms with van der Waals surface area (Å²) in [5, 5.41) is 23.8. The molecule has 0 aliphatic carbocycles. The van der Waals surface area contributed by atoms with Crippen molar-refractivity contribution in [1.82, 2.24) is 5.32 Å². The van der Waals surface area contributed by atoms with Gasteiger partial charge in [-0.3, -0.25) is 9.59 Å². The third kappa shape index (κ3) is 47.0. The molecule has 0 aliphatic heterocycles. The third-order valence-corrected chi connectivity index (χ3v) is 11.7. The third-order valence-electron chi connectivity index (χ3n) is 11.7. The molecule has 376 valence electrons. The predicted octanol–water partition coefficient (Wildman–Crippen LogP) is 16.7. The maximum Gasteiger partial charge on any atom is 0.306 e. The van der Waals surface area contributed by atoms with Gasteiger partial charge in [-0.1, -0.05) is 246 Å². The van der Waals surface area contributed by atoms with Gasteiger partial charge in [0.25, 0.3) is 0 Å². The number of aliphatic hydroxyl groups is 2. The van der Waals surface area contributed by atoms with E-state index in [-0.39, 0.29) is 24.9 Å². The Hall–Kier alpha value is -3.48. The summed E-state index contributed by atoms with van der Waals surface area (Å²) in [6.07, 6.45) is 71.4. The quantitative estimate of drug-likeness (QED) is 0.0245. The van der Waals surface area contributed by atoms with Crippen molar-refractivity contribution in [3.05, 3.63) is 109 Å². The number of allylic oxidation sites excluding steroid dienone is 18. The molecule has 66 heavy (non-hydrogen) atoms. The van der Waals surface area contributed by atoms with Crippen LogP contribution < -0.4 is 5.32 Å². The Morgan fingerprint density at radius 2 is 0.879 bits per heavy atom. The normalized spacial score (nSPS) is 14.1. The van der Waals surface area contributed by atoms with Crippen LogP contribution in [0.3, 0.4) is 0 Å². The Morgan fingerprint density at radius 1 is 0.470 bits per heavy atom. The fraction of sp³-hybridized carbons (Fsp3) is 0.667. The standard InChI is InChI=1S/C60H101NO5/c1-4-7-10-13-16-19-22-25-27-29-31-34-36-39-42-45-48-51-56(66-60(65)53-50-47-44-41-38-35-32-30-28-26-23-20-17-14-11-8-5-2)54-59(64)61-57(55-62)58(63)52-49-46-43-40-37-33-24-21-18-15-12-9-6-3/h8,11,14,16-17,19-20,23,25-28,30-32,34-35,38,56-58,62-63H,4-7,9-10,12-13,15,18,21-22,24,29,33,36-37,39-55H2,1-3H3,(H,61,64)/b11-8-,17-14+,19-16-,23-20+,27-25-,28-26-,32-30+,34-31-,38-35+. The van der Waals surface area contributed by atoms with E-state index in [1.165, 1.54) is 89.9 Å². The number of unbranched alkanes of at least 4 members (excludes halogenated alkanes) is 22. The van der Waals surface area contributed by atoms with Crippen molar-refractivity contribution in [1.29, 1.82) is 0 Å². The highest BCUT2D eigenvalue weighted by Gasteiger charge is 2.24. The molecule has 0 aromatic heterocycles. The summed E-state index contributed by atoms with van der Waals surface area (Å²) in [4.78, 5) is 26.2. The lowest BCUT2D eigenvalue weighted by Crippen LogP contribution is -2.46. The van der Waals surface area contributed by atoms with Crippen molar-refractivity contribution in [2.24, 2.45) is 0 Å². The molecular weight excluding hydrogens is 815 g/mol. The van der Waals surface area contributed by atoms with E-state index in [1.54, 1.807) is 0 Å². The monoisotopic (exact) mass is 916 g/mol. The van der Waals surface area contributed by atoms with Crippen LogP contribution >= 0.6 is 0 Å². The van der Waals surface area contributed by atoms with Crippen LogP contribution in [0.5, 0.6) is 0 Å². The SMILES string of the molecule is CC\C=C/C=C/C=C/C=C\C=C\C=C\CCCCCC(=O)OC(CCCCCC/C=C\C/C=C\C/C=C\CCCCC)CC(=O)NC(CO)C(O)CCCCCCCCCCCCCCC. The summed E-state index contributed by atoms with van der Waals surface area (Å²) in [5.74, 6) is -0.554. The highest BCUT2D eigenvalue weighted by Crippen LogP contribution is 2.17. The average Bonchev–Trinajstić information content (AvgIpc) is 3.31. The number of rotatable bonds is 47. The molecule has 3 unspecified atom stereocenters. The molecule has 0 radical (unpaired) electrons. The first kappa shape index (κ1) is 62.5. The molecule has 0 bridgehead atoms. The topological polar surface area (TPSA) is 95.9 Å². The summed E-state index contributed by atoms with van der Waals surface area (Å²) in [6, 6.07) is -0.726. The molecule has 0 heterocycles. The summed E-state index contributed by atoms with van der Waals surface area (Å²) < 4.78 is 5.92. The number of hydrogen-bond acceptors (Lipinski definition) is 5. The van der Waals surface area contributed by atoms with Gasteiger partial charge in [-0.2, -0.15) is 0 Å². The number of amides is 1. The van der Waals surface area contributed by atoms with Gasteiger partial charge in [0.1, 0.15) is 6.10 Å². The molecule has 0 rings (SSSR count). The van der Waals surface area contributed by atoms with Gasteiger partial charge in [-0.15, -0.1) is 0 Å². The molecule has 3 N–H and O–H groups in total. The first-order chi connectivity index (χ1) is 32.5. The second-order valence-electron chi connectivity index (χ2n) is 18.0. The maximum atomic E-state index is 13.2. The molecule has 0 saturated carbocycles. The summed E-state index contributed by atoms with van der Waals surface area (Å²) in [7, 11) is 0. The smallest absolute Gasteiger partial charge is 0.306 e. The Bertz CT molecular complexity index is 1350. The maximum absolute atomic E-state index is 13.2. The van der Waals surface area contributed by atoms with Crippen molar-refractivity contribution in [3.8, 4) is 0 Å². The van der Waals surface area contributed by atoms with E-state index >= 15 is 0 Å². The molecule has 3 atom stereocenters. The molecular formula is C60H101NO5. The van der Waals surface area contributed by atoms with Crippen LogP contribution in [0.4, 0.5) is 0 Å². The zero-order valence-corrected chi connectivity index (χ0v) is 42.8. The molecule has 0 aromatic rings. The molecule has 0 fully saturated rings. The molecule has 6 heteroatoms. The first-order valence-electron chi connectivity index (χ1n) is 27.2. The zero-order valence-electron chi connectivity index (χ0n) is 42.8. The molecule has 1 amide bonds. The lowest BCUT2D eigenvalue weighted by Gasteiger charge is -2.24. The number of nitrogens with one attached hydrogen (secondary N) is 1. The van der Waals surface area contributed by atoms with Gasteiger partial charge < -0.3 is 20.3 Å². The zero-order chi connectivity index (χ0) is 48.1. The molecule has 0 saturated heterocycles. The number of carbonyl (C=O) groups is 2. The summed E-state index contributed by atoms with van der Waals surface area (Å²) >= 11 is 0. The van der Waals surface area contributed by atoms with E-state index in [0.29, 0.717) is 19.3 Å². The van der Waals surface area contributed by atoms with Crippen molar-refractivity contribution >= 4 is 11.9 Å². The minimum absolute atomic E-state index is 0.0378. The van der Waals surface area contributed by atoms with Gasteiger partial charge in [0.05, 0.1) is 25.2 Å². The van der Waals surface area contributed by atoms with Crippen LogP contribution in [0.15, 0.2) is 109 Å². The Kier molecular flexibility index (Phi) is 49.7. The van der Waals surface area contributed by atoms with E-state index in [0.717, 1.165) is 96.3 Å². The van der Waals surface area contributed by atoms with Gasteiger partial charge in [-0.05, 0) is 83.5 Å². The molecule has 0 aliphatic rings. The van der Waals surface area contributed by atoms with Crippen molar-refractivity contribution in [2.45, 2.75) is 251 Å². The van der Waals surface area contributed by atoms with Crippen LogP contribution in [0.25, 0.3) is 0 Å². The second-order valence-corrected chi connectivity index (χ2v) is 18.0. The Morgan fingerprint density at radius 3 is 1.41 bits per heavy atom. The van der Waals surface area contributed by atoms with Crippen LogP contribution in [-0.4, -0.2) is 46.9 Å². The lowest BCUT2D eigenvalue weighted by molar-refractivity contribution is -0.151. The minimum atomic E-state index is -0.809. The van der Waals surface area contributed by atoms with E-state index < -0.39 is 18.2 Å². The highest BCUT2D eigenvalue weighted by atomic mass is 16.5. The number of ether oxygens (including phenoxy) is 1. The number of aliphatic hydroxyl groups excluding tert-OH is 2. The number of carbonyl (C=O) groups excluding carboxylic acids is 2. The summed E-state index contributed by atoms with van der Waals surface area (Å²) in [6.45, 7) is 6.29. The minimum Gasteiger partial charge on any atom is -0.462 e. The average molecular weight is 916 g/mol. The van der Waals surface area contributed by atoms with E-state index in [2.05, 4.69) is 80.8 Å². The van der Waals surface area contributed by atoms with Crippen molar-refractivity contribution < 1.29 is 24.5 Å². The van der Waals surface area contributed by atoms with Crippen LogP contribution in [0, 0.1) is 0 Å². The predicted molar refractivity (Wildman–Crippen MR) is 287 cm³/mol. The lowest BCUT2D eigenvalue weighted by atomic mass is 10.0. The van der Waals surface area contributed by atoms with Gasteiger partial charge in [0, 0.05) is 6.42 Å². The summed E-state index contributed by atoms with van der Waals surface area (Å²) in [5.41, 5.74) is 0. The molecule has 0 aromatic carbocycles. The first-order valence-corrected chi connectivity index (χ1v) is 27.2. The van der Waals surface area contributed by atoms with Gasteiger partial charge in [0.15, 0.2) is 0 Å². The van der Waals surface area contributed by atoms with Crippen LogP contribution in [0.1, 0.15) is 233 Å².